The first kappa shape index (κ1) is 21.1. The van der Waals surface area contributed by atoms with Crippen molar-refractivity contribution in [2.24, 2.45) is 0 Å². The standard InChI is InChI=1S/C18H16F4N6O2/c1-10(18(20,21)22)25-16(29)15-14-8-27(4-5-28(14)9-24-15)17(30)26-12-2-3-13(19)11(6-12)7-23/h2-3,6,9-10H,4-5,8H2,1H3,(H,25,29)(H,26,30). The summed E-state index contributed by atoms with van der Waals surface area (Å²) in [7, 11) is 0. The summed E-state index contributed by atoms with van der Waals surface area (Å²) in [5.74, 6) is -1.71. The number of hydrogen-bond acceptors (Lipinski definition) is 4. The number of carbonyl (C=O) groups is 2. The average molecular weight is 424 g/mol. The van der Waals surface area contributed by atoms with Gasteiger partial charge < -0.3 is 20.1 Å². The van der Waals surface area contributed by atoms with E-state index in [9.17, 15) is 27.2 Å². The third kappa shape index (κ3) is 4.35. The first-order valence-electron chi connectivity index (χ1n) is 8.77. The number of anilines is 1. The van der Waals surface area contributed by atoms with Gasteiger partial charge in [0.15, 0.2) is 5.69 Å². The van der Waals surface area contributed by atoms with Crippen LogP contribution in [0, 0.1) is 17.1 Å². The Bertz CT molecular complexity index is 1030. The number of aromatic nitrogens is 2. The lowest BCUT2D eigenvalue weighted by Gasteiger charge is -2.29. The van der Waals surface area contributed by atoms with Gasteiger partial charge in [0.1, 0.15) is 17.9 Å². The molecular formula is C18H16F4N6O2. The first-order valence-corrected chi connectivity index (χ1v) is 8.77. The topological polar surface area (TPSA) is 103 Å². The highest BCUT2D eigenvalue weighted by Gasteiger charge is 2.38. The molecule has 0 bridgehead atoms. The number of fused-ring (bicyclic) bond motifs is 1. The monoisotopic (exact) mass is 424 g/mol. The number of hydrogen-bond donors (Lipinski definition) is 2. The smallest absolute Gasteiger partial charge is 0.339 e. The number of nitriles is 1. The van der Waals surface area contributed by atoms with Crippen molar-refractivity contribution in [3.63, 3.8) is 0 Å². The first-order chi connectivity index (χ1) is 14.1. The lowest BCUT2D eigenvalue weighted by atomic mass is 10.2. The predicted octanol–water partition coefficient (Wildman–Crippen LogP) is 2.62. The summed E-state index contributed by atoms with van der Waals surface area (Å²) in [6.07, 6.45) is -3.27. The maximum atomic E-state index is 13.4. The van der Waals surface area contributed by atoms with Crippen molar-refractivity contribution < 1.29 is 27.2 Å². The number of urea groups is 1. The maximum absolute atomic E-state index is 13.4. The zero-order valence-corrected chi connectivity index (χ0v) is 15.6. The van der Waals surface area contributed by atoms with E-state index in [4.69, 9.17) is 5.26 Å². The lowest BCUT2D eigenvalue weighted by molar-refractivity contribution is -0.149. The highest BCUT2D eigenvalue weighted by atomic mass is 19.4. The third-order valence-electron chi connectivity index (χ3n) is 4.58. The van der Waals surface area contributed by atoms with E-state index < -0.39 is 30.0 Å². The molecule has 0 aliphatic carbocycles. The minimum Gasteiger partial charge on any atom is -0.339 e. The molecule has 1 aromatic carbocycles. The Kier molecular flexibility index (Phi) is 5.64. The number of rotatable bonds is 3. The van der Waals surface area contributed by atoms with Gasteiger partial charge in [-0.05, 0) is 25.1 Å². The van der Waals surface area contributed by atoms with Crippen LogP contribution in [-0.4, -0.2) is 45.2 Å². The van der Waals surface area contributed by atoms with E-state index >= 15 is 0 Å². The average Bonchev–Trinajstić information content (AvgIpc) is 3.11. The molecule has 3 rings (SSSR count). The molecule has 1 unspecified atom stereocenters. The molecule has 2 N–H and O–H groups in total. The van der Waals surface area contributed by atoms with Crippen LogP contribution in [0.4, 0.5) is 28.0 Å². The summed E-state index contributed by atoms with van der Waals surface area (Å²) in [5.41, 5.74) is 0.0634. The predicted molar refractivity (Wildman–Crippen MR) is 95.8 cm³/mol. The van der Waals surface area contributed by atoms with Crippen molar-refractivity contribution in [1.82, 2.24) is 19.8 Å². The van der Waals surface area contributed by atoms with Gasteiger partial charge in [0, 0.05) is 18.8 Å². The Hall–Kier alpha value is -3.62. The lowest BCUT2D eigenvalue weighted by Crippen LogP contribution is -2.44. The number of halogens is 4. The Morgan fingerprint density at radius 2 is 2.03 bits per heavy atom. The Labute approximate surface area is 168 Å². The molecule has 0 fully saturated rings. The van der Waals surface area contributed by atoms with Crippen LogP contribution in [0.2, 0.25) is 0 Å². The van der Waals surface area contributed by atoms with Crippen LogP contribution in [0.1, 0.15) is 28.7 Å². The number of alkyl halides is 3. The normalized spacial score (nSPS) is 14.5. The van der Waals surface area contributed by atoms with Crippen LogP contribution in [0.15, 0.2) is 24.5 Å². The second kappa shape index (κ2) is 8.02. The van der Waals surface area contributed by atoms with Gasteiger partial charge in [-0.15, -0.1) is 0 Å². The summed E-state index contributed by atoms with van der Waals surface area (Å²) in [4.78, 5) is 30.0. The molecule has 2 heterocycles. The number of nitrogens with zero attached hydrogens (tertiary/aromatic N) is 4. The quantitative estimate of drug-likeness (QED) is 0.740. The second-order valence-corrected chi connectivity index (χ2v) is 6.63. The van der Waals surface area contributed by atoms with E-state index in [-0.39, 0.29) is 36.6 Å². The van der Waals surface area contributed by atoms with Gasteiger partial charge in [0.25, 0.3) is 5.91 Å². The third-order valence-corrected chi connectivity index (χ3v) is 4.58. The minimum absolute atomic E-state index is 0.0682. The van der Waals surface area contributed by atoms with Crippen LogP contribution < -0.4 is 10.6 Å². The van der Waals surface area contributed by atoms with Gasteiger partial charge >= 0.3 is 12.2 Å². The zero-order valence-electron chi connectivity index (χ0n) is 15.6. The molecule has 30 heavy (non-hydrogen) atoms. The molecule has 0 saturated heterocycles. The molecular weight excluding hydrogens is 408 g/mol. The zero-order chi connectivity index (χ0) is 22.1. The Morgan fingerprint density at radius 1 is 1.30 bits per heavy atom. The van der Waals surface area contributed by atoms with Crippen LogP contribution in [0.3, 0.4) is 0 Å². The molecule has 0 saturated carbocycles. The fourth-order valence-electron chi connectivity index (χ4n) is 2.86. The molecule has 0 spiro atoms. The van der Waals surface area contributed by atoms with Crippen molar-refractivity contribution in [3.8, 4) is 6.07 Å². The minimum atomic E-state index is -4.60. The molecule has 2 aromatic rings. The van der Waals surface area contributed by atoms with E-state index in [1.54, 1.807) is 10.6 Å². The van der Waals surface area contributed by atoms with E-state index in [1.165, 1.54) is 23.4 Å². The maximum Gasteiger partial charge on any atom is 0.408 e. The number of carbonyl (C=O) groups excluding carboxylic acids is 2. The summed E-state index contributed by atoms with van der Waals surface area (Å²) in [5, 5.41) is 13.3. The van der Waals surface area contributed by atoms with Crippen molar-refractivity contribution >= 4 is 17.6 Å². The highest BCUT2D eigenvalue weighted by Crippen LogP contribution is 2.22. The molecule has 1 aliphatic rings. The molecule has 1 aromatic heterocycles. The molecule has 8 nitrogen and oxygen atoms in total. The largest absolute Gasteiger partial charge is 0.408 e. The van der Waals surface area contributed by atoms with Gasteiger partial charge in [-0.3, -0.25) is 4.79 Å². The van der Waals surface area contributed by atoms with Gasteiger partial charge in [0.05, 0.1) is 24.1 Å². The van der Waals surface area contributed by atoms with E-state index in [1.807, 2.05) is 5.32 Å². The van der Waals surface area contributed by atoms with Crippen molar-refractivity contribution in [2.75, 3.05) is 11.9 Å². The molecule has 12 heteroatoms. The number of imidazole rings is 1. The molecule has 1 aliphatic heterocycles. The number of nitrogens with one attached hydrogen (secondary N) is 2. The fraction of sp³-hybridized carbons (Fsp3) is 0.333. The Morgan fingerprint density at radius 3 is 2.70 bits per heavy atom. The van der Waals surface area contributed by atoms with Crippen LogP contribution in [0.25, 0.3) is 0 Å². The van der Waals surface area contributed by atoms with Gasteiger partial charge in [0.2, 0.25) is 0 Å². The number of benzene rings is 1. The van der Waals surface area contributed by atoms with Gasteiger partial charge in [-0.25, -0.2) is 14.2 Å². The van der Waals surface area contributed by atoms with Gasteiger partial charge in [-0.1, -0.05) is 0 Å². The van der Waals surface area contributed by atoms with Crippen molar-refractivity contribution in [3.05, 3.63) is 47.3 Å². The SMILES string of the molecule is CC(NC(=O)c1ncn2c1CN(C(=O)Nc1ccc(F)c(C#N)c1)CC2)C(F)(F)F. The fourth-order valence-corrected chi connectivity index (χ4v) is 2.86. The summed E-state index contributed by atoms with van der Waals surface area (Å²) >= 11 is 0. The van der Waals surface area contributed by atoms with Crippen molar-refractivity contribution in [1.29, 1.82) is 5.26 Å². The molecule has 1 atom stereocenters. The molecule has 0 radical (unpaired) electrons. The van der Waals surface area contributed by atoms with E-state index in [0.717, 1.165) is 13.0 Å². The van der Waals surface area contributed by atoms with E-state index in [0.29, 0.717) is 5.69 Å². The second-order valence-electron chi connectivity index (χ2n) is 6.63. The molecule has 158 valence electrons. The Balaban J connectivity index is 1.72. The van der Waals surface area contributed by atoms with Crippen LogP contribution in [-0.2, 0) is 13.1 Å². The summed E-state index contributed by atoms with van der Waals surface area (Å²) in [6.45, 7) is 1.28. The van der Waals surface area contributed by atoms with E-state index in [2.05, 4.69) is 10.3 Å². The number of amides is 3. The summed E-state index contributed by atoms with van der Waals surface area (Å²) in [6, 6.07) is 2.55. The van der Waals surface area contributed by atoms with Crippen molar-refractivity contribution in [2.45, 2.75) is 32.2 Å². The highest BCUT2D eigenvalue weighted by molar-refractivity contribution is 5.94. The molecule has 3 amide bonds. The van der Waals surface area contributed by atoms with Gasteiger partial charge in [-0.2, -0.15) is 18.4 Å². The van der Waals surface area contributed by atoms with Crippen LogP contribution >= 0.6 is 0 Å². The van der Waals surface area contributed by atoms with Crippen LogP contribution in [0.5, 0.6) is 0 Å². The summed E-state index contributed by atoms with van der Waals surface area (Å²) < 4.78 is 53.1.